The Labute approximate surface area is 148 Å². The summed E-state index contributed by atoms with van der Waals surface area (Å²) in [6.07, 6.45) is 1.78. The van der Waals surface area contributed by atoms with Crippen molar-refractivity contribution in [3.05, 3.63) is 30.0 Å². The molecule has 132 valence electrons. The number of methoxy groups -OCH3 is 1. The maximum absolute atomic E-state index is 11.7. The average molecular weight is 343 g/mol. The Kier molecular flexibility index (Phi) is 5.90. The lowest BCUT2D eigenvalue weighted by molar-refractivity contribution is -0.160. The summed E-state index contributed by atoms with van der Waals surface area (Å²) in [7, 11) is 7.34. The molecule has 7 heteroatoms. The van der Waals surface area contributed by atoms with E-state index in [0.29, 0.717) is 24.2 Å². The van der Waals surface area contributed by atoms with Crippen molar-refractivity contribution in [1.82, 2.24) is 4.57 Å². The molecule has 0 unspecified atom stereocenters. The van der Waals surface area contributed by atoms with Gasteiger partial charge in [-0.05, 0) is 44.5 Å². The van der Waals surface area contributed by atoms with Crippen molar-refractivity contribution >= 4 is 36.2 Å². The third-order valence-electron chi connectivity index (χ3n) is 3.45. The number of carbonyl (C=O) groups is 2. The predicted molar refractivity (Wildman–Crippen MR) is 95.3 cm³/mol. The summed E-state index contributed by atoms with van der Waals surface area (Å²) < 4.78 is 17.2. The van der Waals surface area contributed by atoms with Crippen LogP contribution in [0.2, 0.25) is 0 Å². The van der Waals surface area contributed by atoms with Crippen molar-refractivity contribution in [3.63, 3.8) is 0 Å². The number of aromatic nitrogens is 1. The lowest BCUT2D eigenvalue weighted by atomic mass is 9.95. The highest BCUT2D eigenvalue weighted by atomic mass is 16.6. The Balaban J connectivity index is 2.01. The Morgan fingerprint density at radius 1 is 1.24 bits per heavy atom. The first-order valence-corrected chi connectivity index (χ1v) is 7.97. The molecule has 25 heavy (non-hydrogen) atoms. The van der Waals surface area contributed by atoms with E-state index in [4.69, 9.17) is 22.1 Å². The second-order valence-electron chi connectivity index (χ2n) is 6.64. The molecular formula is C18H22BNO5. The van der Waals surface area contributed by atoms with Gasteiger partial charge in [0.2, 0.25) is 0 Å². The molecule has 0 aliphatic heterocycles. The number of esters is 2. The minimum absolute atomic E-state index is 0.112. The molecular weight excluding hydrogens is 321 g/mol. The standard InChI is InChI=1S/C18H22BNO5/c1-18(2,3)25-16(21)11-24-8-7-20-10-14(19)13-6-5-12(9-15(13)20)17(22)23-4/h5-6,9-10H,7-8,11H2,1-4H3. The molecule has 0 aliphatic carbocycles. The molecule has 1 aromatic carbocycles. The Bertz CT molecular complexity index is 776. The van der Waals surface area contributed by atoms with Gasteiger partial charge in [0.25, 0.3) is 0 Å². The minimum Gasteiger partial charge on any atom is -0.465 e. The third-order valence-corrected chi connectivity index (χ3v) is 3.45. The smallest absolute Gasteiger partial charge is 0.337 e. The molecule has 2 rings (SSSR count). The summed E-state index contributed by atoms with van der Waals surface area (Å²) in [6, 6.07) is 5.19. The number of nitrogens with zero attached hydrogens (tertiary/aromatic N) is 1. The first-order valence-electron chi connectivity index (χ1n) is 7.97. The topological polar surface area (TPSA) is 66.8 Å². The van der Waals surface area contributed by atoms with E-state index in [2.05, 4.69) is 0 Å². The van der Waals surface area contributed by atoms with Crippen molar-refractivity contribution in [1.29, 1.82) is 0 Å². The van der Waals surface area contributed by atoms with Gasteiger partial charge in [-0.1, -0.05) is 11.5 Å². The maximum atomic E-state index is 11.7. The van der Waals surface area contributed by atoms with Gasteiger partial charge in [-0.3, -0.25) is 0 Å². The van der Waals surface area contributed by atoms with Crippen LogP contribution in [0.25, 0.3) is 10.9 Å². The van der Waals surface area contributed by atoms with E-state index in [0.717, 1.165) is 10.9 Å². The summed E-state index contributed by atoms with van der Waals surface area (Å²) in [5, 5.41) is 0.847. The first-order chi connectivity index (χ1) is 11.7. The number of fused-ring (bicyclic) bond motifs is 1. The third kappa shape index (κ3) is 5.10. The average Bonchev–Trinajstić information content (AvgIpc) is 2.85. The molecule has 0 saturated carbocycles. The number of ether oxygens (including phenoxy) is 3. The van der Waals surface area contributed by atoms with Gasteiger partial charge in [0, 0.05) is 12.1 Å². The summed E-state index contributed by atoms with van der Waals surface area (Å²) in [5.41, 5.74) is 1.33. The van der Waals surface area contributed by atoms with Crippen LogP contribution >= 0.6 is 0 Å². The van der Waals surface area contributed by atoms with Gasteiger partial charge in [0.1, 0.15) is 20.1 Å². The van der Waals surface area contributed by atoms with Crippen molar-refractivity contribution in [2.75, 3.05) is 20.3 Å². The van der Waals surface area contributed by atoms with Gasteiger partial charge in [0.15, 0.2) is 0 Å². The molecule has 6 nitrogen and oxygen atoms in total. The quantitative estimate of drug-likeness (QED) is 0.453. The molecule has 0 atom stereocenters. The van der Waals surface area contributed by atoms with Crippen molar-refractivity contribution in [3.8, 4) is 0 Å². The number of carbonyl (C=O) groups excluding carboxylic acids is 2. The number of hydrogen-bond donors (Lipinski definition) is 0. The zero-order valence-corrected chi connectivity index (χ0v) is 15.0. The second-order valence-corrected chi connectivity index (χ2v) is 6.64. The fourth-order valence-corrected chi connectivity index (χ4v) is 2.44. The van der Waals surface area contributed by atoms with E-state index < -0.39 is 17.5 Å². The monoisotopic (exact) mass is 343 g/mol. The van der Waals surface area contributed by atoms with Crippen LogP contribution in [0.3, 0.4) is 0 Å². The van der Waals surface area contributed by atoms with Crippen LogP contribution in [-0.2, 0) is 25.5 Å². The minimum atomic E-state index is -0.532. The fraction of sp³-hybridized carbons (Fsp3) is 0.444. The van der Waals surface area contributed by atoms with Gasteiger partial charge < -0.3 is 18.8 Å². The summed E-state index contributed by atoms with van der Waals surface area (Å²) in [5.74, 6) is -0.813. The zero-order valence-electron chi connectivity index (χ0n) is 15.0. The van der Waals surface area contributed by atoms with E-state index in [9.17, 15) is 9.59 Å². The summed E-state index contributed by atoms with van der Waals surface area (Å²) in [6.45, 7) is 6.10. The van der Waals surface area contributed by atoms with Crippen molar-refractivity contribution < 1.29 is 23.8 Å². The number of hydrogen-bond acceptors (Lipinski definition) is 5. The molecule has 0 spiro atoms. The van der Waals surface area contributed by atoms with Crippen molar-refractivity contribution in [2.45, 2.75) is 32.9 Å². The van der Waals surface area contributed by atoms with Crippen molar-refractivity contribution in [2.24, 2.45) is 0 Å². The fourth-order valence-electron chi connectivity index (χ4n) is 2.44. The molecule has 0 amide bonds. The lowest BCUT2D eigenvalue weighted by Crippen LogP contribution is -2.26. The van der Waals surface area contributed by atoms with E-state index in [1.807, 2.05) is 4.57 Å². The highest BCUT2D eigenvalue weighted by Gasteiger charge is 2.16. The van der Waals surface area contributed by atoms with Crippen LogP contribution in [-0.4, -0.2) is 50.3 Å². The van der Waals surface area contributed by atoms with Gasteiger partial charge in [-0.15, -0.1) is 0 Å². The first kappa shape index (κ1) is 19.1. The van der Waals surface area contributed by atoms with Gasteiger partial charge in [-0.25, -0.2) is 9.59 Å². The summed E-state index contributed by atoms with van der Waals surface area (Å²) in [4.78, 5) is 23.3. The second kappa shape index (κ2) is 7.74. The molecule has 0 saturated heterocycles. The Hall–Kier alpha value is -2.28. The van der Waals surface area contributed by atoms with Crippen LogP contribution in [0.5, 0.6) is 0 Å². The normalized spacial score (nSPS) is 11.5. The van der Waals surface area contributed by atoms with Crippen LogP contribution in [0.15, 0.2) is 24.4 Å². The van der Waals surface area contributed by atoms with E-state index in [1.165, 1.54) is 7.11 Å². The van der Waals surface area contributed by atoms with Gasteiger partial charge in [0.05, 0.1) is 19.3 Å². The van der Waals surface area contributed by atoms with E-state index >= 15 is 0 Å². The molecule has 2 radical (unpaired) electrons. The molecule has 0 aliphatic rings. The maximum Gasteiger partial charge on any atom is 0.337 e. The van der Waals surface area contributed by atoms with Crippen LogP contribution in [0, 0.1) is 0 Å². The van der Waals surface area contributed by atoms with Gasteiger partial charge in [-0.2, -0.15) is 0 Å². The highest BCUT2D eigenvalue weighted by Crippen LogP contribution is 2.16. The van der Waals surface area contributed by atoms with Crippen LogP contribution < -0.4 is 5.46 Å². The predicted octanol–water partition coefficient (Wildman–Crippen LogP) is 1.58. The molecule has 0 N–H and O–H groups in total. The Morgan fingerprint density at radius 2 is 1.96 bits per heavy atom. The highest BCUT2D eigenvalue weighted by molar-refractivity contribution is 6.39. The Morgan fingerprint density at radius 3 is 2.60 bits per heavy atom. The number of benzene rings is 1. The van der Waals surface area contributed by atoms with E-state index in [-0.39, 0.29) is 6.61 Å². The zero-order chi connectivity index (χ0) is 18.6. The molecule has 1 heterocycles. The molecule has 0 fully saturated rings. The molecule has 2 aromatic rings. The van der Waals surface area contributed by atoms with Crippen LogP contribution in [0.1, 0.15) is 31.1 Å². The van der Waals surface area contributed by atoms with Gasteiger partial charge >= 0.3 is 11.9 Å². The molecule has 0 bridgehead atoms. The van der Waals surface area contributed by atoms with Crippen LogP contribution in [0.4, 0.5) is 0 Å². The SMILES string of the molecule is [B]c1cn(CCOCC(=O)OC(C)(C)C)c2cc(C(=O)OC)ccc12. The molecule has 1 aromatic heterocycles. The number of rotatable bonds is 6. The largest absolute Gasteiger partial charge is 0.465 e. The lowest BCUT2D eigenvalue weighted by Gasteiger charge is -2.19. The van der Waals surface area contributed by atoms with E-state index in [1.54, 1.807) is 45.2 Å². The summed E-state index contributed by atoms with van der Waals surface area (Å²) >= 11 is 0.